The lowest BCUT2D eigenvalue weighted by Crippen LogP contribution is -2.45. The molecule has 0 aliphatic heterocycles. The second-order valence-corrected chi connectivity index (χ2v) is 3.86. The van der Waals surface area contributed by atoms with Gasteiger partial charge in [0.25, 0.3) is 0 Å². The molecule has 0 heterocycles. The highest BCUT2D eigenvalue weighted by Gasteiger charge is 2.41. The van der Waals surface area contributed by atoms with E-state index in [1.165, 1.54) is 0 Å². The van der Waals surface area contributed by atoms with Crippen molar-refractivity contribution in [3.05, 3.63) is 0 Å². The van der Waals surface area contributed by atoms with E-state index in [4.69, 9.17) is 5.11 Å². The number of aliphatic hydroxyl groups is 1. The van der Waals surface area contributed by atoms with Crippen LogP contribution in [0.2, 0.25) is 0 Å². The maximum Gasteiger partial charge on any atom is 0.335 e. The fraction of sp³-hybridized carbons (Fsp3) is 0.909. The average molecular weight is 202 g/mol. The summed E-state index contributed by atoms with van der Waals surface area (Å²) in [6, 6.07) is 0. The van der Waals surface area contributed by atoms with Crippen LogP contribution in [-0.4, -0.2) is 21.8 Å². The predicted octanol–water partition coefficient (Wildman–Crippen LogP) is 2.43. The van der Waals surface area contributed by atoms with Crippen molar-refractivity contribution in [2.45, 2.75) is 58.5 Å². The Morgan fingerprint density at radius 1 is 1.21 bits per heavy atom. The molecule has 0 amide bonds. The molecule has 0 aromatic rings. The van der Waals surface area contributed by atoms with Crippen LogP contribution in [0.4, 0.5) is 0 Å². The van der Waals surface area contributed by atoms with Crippen LogP contribution >= 0.6 is 0 Å². The van der Waals surface area contributed by atoms with E-state index in [2.05, 4.69) is 0 Å². The molecule has 0 spiro atoms. The summed E-state index contributed by atoms with van der Waals surface area (Å²) < 4.78 is 0. The number of rotatable bonds is 7. The van der Waals surface area contributed by atoms with E-state index in [1.807, 2.05) is 13.8 Å². The van der Waals surface area contributed by atoms with Gasteiger partial charge in [0.15, 0.2) is 5.60 Å². The number of carboxylic acid groups (broad SMARTS) is 1. The summed E-state index contributed by atoms with van der Waals surface area (Å²) in [5.74, 6) is -1.19. The predicted molar refractivity (Wildman–Crippen MR) is 56.2 cm³/mol. The van der Waals surface area contributed by atoms with Crippen LogP contribution in [0.25, 0.3) is 0 Å². The lowest BCUT2D eigenvalue weighted by atomic mass is 9.79. The zero-order valence-electron chi connectivity index (χ0n) is 9.42. The molecule has 84 valence electrons. The largest absolute Gasteiger partial charge is 0.479 e. The Hall–Kier alpha value is -0.570. The SMILES string of the molecule is CCCC(CCC)C(O)(CC)C(=O)O. The summed E-state index contributed by atoms with van der Waals surface area (Å²) in [5, 5.41) is 19.0. The molecule has 0 aliphatic rings. The molecule has 0 radical (unpaired) electrons. The normalized spacial score (nSPS) is 15.5. The Bertz CT molecular complexity index is 173. The number of hydrogen-bond acceptors (Lipinski definition) is 2. The van der Waals surface area contributed by atoms with Gasteiger partial charge in [-0.15, -0.1) is 0 Å². The van der Waals surface area contributed by atoms with Crippen molar-refractivity contribution in [1.29, 1.82) is 0 Å². The molecule has 0 bridgehead atoms. The summed E-state index contributed by atoms with van der Waals surface area (Å²) in [6.45, 7) is 5.76. The van der Waals surface area contributed by atoms with E-state index < -0.39 is 11.6 Å². The van der Waals surface area contributed by atoms with Crippen LogP contribution in [-0.2, 0) is 4.79 Å². The molecule has 2 N–H and O–H groups in total. The smallest absolute Gasteiger partial charge is 0.335 e. The Morgan fingerprint density at radius 3 is 1.86 bits per heavy atom. The molecule has 0 saturated heterocycles. The fourth-order valence-electron chi connectivity index (χ4n) is 1.93. The molecular formula is C11H22O3. The third-order valence-electron chi connectivity index (χ3n) is 2.86. The van der Waals surface area contributed by atoms with Crippen LogP contribution in [0.5, 0.6) is 0 Å². The standard InChI is InChI=1S/C11H22O3/c1-4-7-9(8-5-2)11(14,6-3)10(12)13/h9,14H,4-8H2,1-3H3,(H,12,13). The fourth-order valence-corrected chi connectivity index (χ4v) is 1.93. The molecule has 0 aromatic heterocycles. The number of aliphatic carboxylic acids is 1. The highest BCUT2D eigenvalue weighted by Crippen LogP contribution is 2.30. The minimum atomic E-state index is -1.52. The summed E-state index contributed by atoms with van der Waals surface area (Å²) >= 11 is 0. The molecule has 3 heteroatoms. The van der Waals surface area contributed by atoms with Crippen molar-refractivity contribution >= 4 is 5.97 Å². The van der Waals surface area contributed by atoms with Crippen molar-refractivity contribution in [3.63, 3.8) is 0 Å². The number of carbonyl (C=O) groups is 1. The number of hydrogen-bond donors (Lipinski definition) is 2. The first-order valence-electron chi connectivity index (χ1n) is 5.48. The Labute approximate surface area is 86.1 Å². The van der Waals surface area contributed by atoms with E-state index >= 15 is 0 Å². The van der Waals surface area contributed by atoms with Gasteiger partial charge in [0.05, 0.1) is 0 Å². The average Bonchev–Trinajstić information content (AvgIpc) is 2.16. The topological polar surface area (TPSA) is 57.5 Å². The maximum atomic E-state index is 11.0. The zero-order valence-corrected chi connectivity index (χ0v) is 9.42. The molecule has 0 rings (SSSR count). The first-order valence-corrected chi connectivity index (χ1v) is 5.48. The van der Waals surface area contributed by atoms with Gasteiger partial charge in [-0.05, 0) is 25.2 Å². The summed E-state index contributed by atoms with van der Waals surface area (Å²) in [4.78, 5) is 11.0. The zero-order chi connectivity index (χ0) is 11.2. The van der Waals surface area contributed by atoms with Gasteiger partial charge in [-0.2, -0.15) is 0 Å². The van der Waals surface area contributed by atoms with Gasteiger partial charge in [0.2, 0.25) is 0 Å². The first kappa shape index (κ1) is 13.4. The molecule has 1 atom stereocenters. The van der Waals surface area contributed by atoms with Gasteiger partial charge in [-0.3, -0.25) is 0 Å². The van der Waals surface area contributed by atoms with Gasteiger partial charge in [0, 0.05) is 0 Å². The molecule has 3 nitrogen and oxygen atoms in total. The highest BCUT2D eigenvalue weighted by atomic mass is 16.4. The number of carboxylic acids is 1. The molecule has 14 heavy (non-hydrogen) atoms. The van der Waals surface area contributed by atoms with E-state index in [1.54, 1.807) is 6.92 Å². The Balaban J connectivity index is 4.63. The van der Waals surface area contributed by atoms with E-state index in [9.17, 15) is 9.90 Å². The molecular weight excluding hydrogens is 180 g/mol. The van der Waals surface area contributed by atoms with E-state index in [0.717, 1.165) is 25.7 Å². The van der Waals surface area contributed by atoms with Crippen molar-refractivity contribution in [2.24, 2.45) is 5.92 Å². The van der Waals surface area contributed by atoms with E-state index in [-0.39, 0.29) is 12.3 Å². The van der Waals surface area contributed by atoms with Crippen LogP contribution in [0.15, 0.2) is 0 Å². The quantitative estimate of drug-likeness (QED) is 0.666. The van der Waals surface area contributed by atoms with Crippen LogP contribution in [0, 0.1) is 5.92 Å². The Kier molecular flexibility index (Phi) is 5.77. The lowest BCUT2D eigenvalue weighted by molar-refractivity contribution is -0.166. The van der Waals surface area contributed by atoms with Crippen LogP contribution < -0.4 is 0 Å². The highest BCUT2D eigenvalue weighted by molar-refractivity contribution is 5.77. The summed E-state index contributed by atoms with van der Waals surface area (Å²) in [7, 11) is 0. The summed E-state index contributed by atoms with van der Waals surface area (Å²) in [6.07, 6.45) is 3.68. The van der Waals surface area contributed by atoms with Gasteiger partial charge < -0.3 is 10.2 Å². The van der Waals surface area contributed by atoms with Crippen LogP contribution in [0.3, 0.4) is 0 Å². The molecule has 0 fully saturated rings. The molecule has 0 saturated carbocycles. The second kappa shape index (κ2) is 6.02. The van der Waals surface area contributed by atoms with E-state index in [0.29, 0.717) is 0 Å². The first-order chi connectivity index (χ1) is 6.52. The maximum absolute atomic E-state index is 11.0. The van der Waals surface area contributed by atoms with Crippen molar-refractivity contribution in [2.75, 3.05) is 0 Å². The summed E-state index contributed by atoms with van der Waals surface area (Å²) in [5.41, 5.74) is -1.52. The van der Waals surface area contributed by atoms with Gasteiger partial charge >= 0.3 is 5.97 Å². The van der Waals surface area contributed by atoms with Crippen molar-refractivity contribution < 1.29 is 15.0 Å². The molecule has 0 aliphatic carbocycles. The monoisotopic (exact) mass is 202 g/mol. The second-order valence-electron chi connectivity index (χ2n) is 3.86. The minimum Gasteiger partial charge on any atom is -0.479 e. The van der Waals surface area contributed by atoms with Crippen molar-refractivity contribution in [3.8, 4) is 0 Å². The van der Waals surface area contributed by atoms with Gasteiger partial charge in [-0.25, -0.2) is 4.79 Å². The Morgan fingerprint density at radius 2 is 1.64 bits per heavy atom. The van der Waals surface area contributed by atoms with Gasteiger partial charge in [0.1, 0.15) is 0 Å². The third kappa shape index (κ3) is 2.98. The van der Waals surface area contributed by atoms with Crippen molar-refractivity contribution in [1.82, 2.24) is 0 Å². The molecule has 1 unspecified atom stereocenters. The molecule has 0 aromatic carbocycles. The minimum absolute atomic E-state index is 0.111. The third-order valence-corrected chi connectivity index (χ3v) is 2.86. The van der Waals surface area contributed by atoms with Gasteiger partial charge in [-0.1, -0.05) is 33.6 Å². The van der Waals surface area contributed by atoms with Crippen LogP contribution in [0.1, 0.15) is 52.9 Å². The lowest BCUT2D eigenvalue weighted by Gasteiger charge is -2.31.